The number of carbonyl (C=O) groups excluding carboxylic acids is 1. The maximum absolute atomic E-state index is 11.4. The Balaban J connectivity index is 2.34. The normalized spacial score (nSPS) is 12.0. The van der Waals surface area contributed by atoms with Gasteiger partial charge in [0.25, 0.3) is 0 Å². The fourth-order valence-electron chi connectivity index (χ4n) is 1.63. The van der Waals surface area contributed by atoms with E-state index >= 15 is 0 Å². The van der Waals surface area contributed by atoms with E-state index in [1.54, 1.807) is 19.0 Å². The van der Waals surface area contributed by atoms with Crippen molar-refractivity contribution < 1.29 is 9.53 Å². The number of hydrogen-bond donors (Lipinski definition) is 1. The quantitative estimate of drug-likeness (QED) is 0.817. The topological polar surface area (TPSA) is 55.6 Å². The average Bonchev–Trinajstić information content (AvgIpc) is 2.37. The van der Waals surface area contributed by atoms with Crippen LogP contribution in [-0.2, 0) is 11.2 Å². The van der Waals surface area contributed by atoms with Crippen molar-refractivity contribution in [3.8, 4) is 5.75 Å². The van der Waals surface area contributed by atoms with Crippen LogP contribution in [0.1, 0.15) is 25.3 Å². The van der Waals surface area contributed by atoms with E-state index in [2.05, 4.69) is 0 Å². The molecule has 1 rings (SSSR count). The number of amides is 1. The van der Waals surface area contributed by atoms with Gasteiger partial charge >= 0.3 is 0 Å². The van der Waals surface area contributed by atoms with Gasteiger partial charge in [-0.2, -0.15) is 0 Å². The van der Waals surface area contributed by atoms with Gasteiger partial charge in [0.15, 0.2) is 0 Å². The lowest BCUT2D eigenvalue weighted by Crippen LogP contribution is -2.23. The summed E-state index contributed by atoms with van der Waals surface area (Å²) < 4.78 is 5.54. The molecule has 0 aliphatic heterocycles. The second kappa shape index (κ2) is 7.79. The first-order valence-electron chi connectivity index (χ1n) is 6.66. The maximum atomic E-state index is 11.4. The summed E-state index contributed by atoms with van der Waals surface area (Å²) in [7, 11) is 3.49. The molecule has 0 aliphatic carbocycles. The fourth-order valence-corrected chi connectivity index (χ4v) is 1.63. The van der Waals surface area contributed by atoms with Crippen LogP contribution in [0.3, 0.4) is 0 Å². The van der Waals surface area contributed by atoms with Crippen molar-refractivity contribution in [2.75, 3.05) is 20.7 Å². The van der Waals surface area contributed by atoms with Crippen molar-refractivity contribution >= 4 is 5.91 Å². The minimum absolute atomic E-state index is 0.0774. The summed E-state index contributed by atoms with van der Waals surface area (Å²) in [5.74, 6) is 0.879. The molecule has 0 radical (unpaired) electrons. The number of nitrogens with zero attached hydrogens (tertiary/aromatic N) is 1. The van der Waals surface area contributed by atoms with Crippen molar-refractivity contribution in [2.45, 2.75) is 32.2 Å². The molecule has 0 heterocycles. The first kappa shape index (κ1) is 15.5. The molecule has 0 saturated heterocycles. The maximum Gasteiger partial charge on any atom is 0.225 e. The van der Waals surface area contributed by atoms with Crippen molar-refractivity contribution in [3.63, 3.8) is 0 Å². The monoisotopic (exact) mass is 264 g/mol. The summed E-state index contributed by atoms with van der Waals surface area (Å²) in [5.41, 5.74) is 6.99. The molecule has 0 aliphatic rings. The van der Waals surface area contributed by atoms with Crippen LogP contribution in [0, 0.1) is 0 Å². The highest BCUT2D eigenvalue weighted by Crippen LogP contribution is 2.14. The highest BCUT2D eigenvalue weighted by molar-refractivity contribution is 5.75. The molecule has 0 fully saturated rings. The van der Waals surface area contributed by atoms with Crippen molar-refractivity contribution in [1.82, 2.24) is 4.90 Å². The molecule has 1 aromatic carbocycles. The van der Waals surface area contributed by atoms with Gasteiger partial charge in [-0.15, -0.1) is 0 Å². The van der Waals surface area contributed by atoms with Crippen LogP contribution < -0.4 is 10.5 Å². The van der Waals surface area contributed by atoms with E-state index in [4.69, 9.17) is 10.5 Å². The minimum Gasteiger partial charge on any atom is -0.493 e. The van der Waals surface area contributed by atoms with E-state index in [9.17, 15) is 4.79 Å². The molecule has 2 N–H and O–H groups in total. The lowest BCUT2D eigenvalue weighted by atomic mass is 10.1. The molecule has 1 aromatic rings. The summed E-state index contributed by atoms with van der Waals surface area (Å²) in [6.07, 6.45) is 2.37. The van der Waals surface area contributed by atoms with Gasteiger partial charge in [-0.3, -0.25) is 4.79 Å². The van der Waals surface area contributed by atoms with Gasteiger partial charge in [0.05, 0.1) is 13.0 Å². The molecular weight excluding hydrogens is 240 g/mol. The average molecular weight is 264 g/mol. The van der Waals surface area contributed by atoms with Crippen LogP contribution >= 0.6 is 0 Å². The van der Waals surface area contributed by atoms with Crippen molar-refractivity contribution in [1.29, 1.82) is 0 Å². The van der Waals surface area contributed by atoms with Crippen LogP contribution in [0.25, 0.3) is 0 Å². The first-order chi connectivity index (χ1) is 8.99. The Morgan fingerprint density at radius 3 is 2.47 bits per heavy atom. The highest BCUT2D eigenvalue weighted by Gasteiger charge is 2.04. The van der Waals surface area contributed by atoms with Gasteiger partial charge in [-0.1, -0.05) is 12.1 Å². The third-order valence-corrected chi connectivity index (χ3v) is 2.90. The molecule has 1 amide bonds. The van der Waals surface area contributed by atoms with Gasteiger partial charge in [0.2, 0.25) is 5.91 Å². The van der Waals surface area contributed by atoms with Gasteiger partial charge < -0.3 is 15.4 Å². The second-order valence-electron chi connectivity index (χ2n) is 5.05. The molecule has 4 heteroatoms. The zero-order valence-corrected chi connectivity index (χ0v) is 12.1. The molecule has 0 saturated carbocycles. The Kier molecular flexibility index (Phi) is 6.36. The molecule has 0 spiro atoms. The lowest BCUT2D eigenvalue weighted by molar-refractivity contribution is -0.129. The van der Waals surface area contributed by atoms with E-state index in [0.29, 0.717) is 13.0 Å². The zero-order valence-electron chi connectivity index (χ0n) is 12.1. The largest absolute Gasteiger partial charge is 0.493 e. The molecule has 4 nitrogen and oxygen atoms in total. The smallest absolute Gasteiger partial charge is 0.225 e. The van der Waals surface area contributed by atoms with Crippen LogP contribution in [0.5, 0.6) is 5.75 Å². The van der Waals surface area contributed by atoms with E-state index in [0.717, 1.165) is 18.6 Å². The molecule has 106 valence electrons. The predicted octanol–water partition coefficient (Wildman–Crippen LogP) is 1.82. The van der Waals surface area contributed by atoms with E-state index in [1.807, 2.05) is 31.2 Å². The molecule has 0 bridgehead atoms. The molecule has 1 atom stereocenters. The Morgan fingerprint density at radius 1 is 1.32 bits per heavy atom. The lowest BCUT2D eigenvalue weighted by Gasteiger charge is -2.11. The first-order valence-corrected chi connectivity index (χ1v) is 6.66. The Morgan fingerprint density at radius 2 is 1.95 bits per heavy atom. The minimum atomic E-state index is 0.0774. The van der Waals surface area contributed by atoms with Gasteiger partial charge in [0, 0.05) is 20.1 Å². The number of ether oxygens (including phenoxy) is 1. The van der Waals surface area contributed by atoms with E-state index in [-0.39, 0.29) is 11.9 Å². The number of nitrogens with two attached hydrogens (primary N) is 1. The summed E-state index contributed by atoms with van der Waals surface area (Å²) >= 11 is 0. The van der Waals surface area contributed by atoms with Crippen LogP contribution in [0.4, 0.5) is 0 Å². The highest BCUT2D eigenvalue weighted by atomic mass is 16.5. The summed E-state index contributed by atoms with van der Waals surface area (Å²) in [6.45, 7) is 2.43. The zero-order chi connectivity index (χ0) is 14.3. The van der Waals surface area contributed by atoms with Crippen LogP contribution in [0.15, 0.2) is 24.3 Å². The molecule has 19 heavy (non-hydrogen) atoms. The number of benzene rings is 1. The van der Waals surface area contributed by atoms with Crippen LogP contribution in [0.2, 0.25) is 0 Å². The number of aryl methyl sites for hydroxylation is 1. The van der Waals surface area contributed by atoms with Gasteiger partial charge in [0.1, 0.15) is 5.75 Å². The number of carbonyl (C=O) groups is 1. The standard InChI is InChI=1S/C15H24N2O2/c1-12(16)4-5-13-6-8-14(9-7-13)19-11-10-15(18)17(2)3/h6-9,12H,4-5,10-11,16H2,1-3H3. The van der Waals surface area contributed by atoms with Gasteiger partial charge in [-0.05, 0) is 37.5 Å². The third-order valence-electron chi connectivity index (χ3n) is 2.90. The number of rotatable bonds is 7. The van der Waals surface area contributed by atoms with Crippen molar-refractivity contribution in [3.05, 3.63) is 29.8 Å². The fraction of sp³-hybridized carbons (Fsp3) is 0.533. The summed E-state index contributed by atoms with van der Waals surface area (Å²) in [5, 5.41) is 0. The van der Waals surface area contributed by atoms with E-state index < -0.39 is 0 Å². The van der Waals surface area contributed by atoms with Crippen molar-refractivity contribution in [2.24, 2.45) is 5.73 Å². The molecule has 1 unspecified atom stereocenters. The van der Waals surface area contributed by atoms with Crippen LogP contribution in [-0.4, -0.2) is 37.6 Å². The Bertz CT molecular complexity index is 386. The third kappa shape index (κ3) is 6.25. The Labute approximate surface area is 115 Å². The summed E-state index contributed by atoms with van der Waals surface area (Å²) in [4.78, 5) is 12.9. The Hall–Kier alpha value is -1.55. The molecular formula is C15H24N2O2. The number of hydrogen-bond acceptors (Lipinski definition) is 3. The summed E-state index contributed by atoms with van der Waals surface area (Å²) in [6, 6.07) is 8.21. The second-order valence-corrected chi connectivity index (χ2v) is 5.05. The SMILES string of the molecule is CC(N)CCc1ccc(OCCC(=O)N(C)C)cc1. The van der Waals surface area contributed by atoms with Gasteiger partial charge in [-0.25, -0.2) is 0 Å². The predicted molar refractivity (Wildman–Crippen MR) is 77.2 cm³/mol. The van der Waals surface area contributed by atoms with E-state index in [1.165, 1.54) is 5.56 Å². The molecule has 0 aromatic heterocycles.